The third-order valence-electron chi connectivity index (χ3n) is 3.37. The Bertz CT molecular complexity index is 404. The fourth-order valence-electron chi connectivity index (χ4n) is 2.11. The molecule has 0 saturated carbocycles. The van der Waals surface area contributed by atoms with Gasteiger partial charge in [0.05, 0.1) is 5.75 Å². The van der Waals surface area contributed by atoms with Crippen LogP contribution in [0.15, 0.2) is 12.2 Å². The molecule has 0 aromatic heterocycles. The van der Waals surface area contributed by atoms with Crippen LogP contribution in [-0.2, 0) is 14.9 Å². The molecule has 5 nitrogen and oxygen atoms in total. The molecule has 0 aliphatic heterocycles. The fourth-order valence-corrected chi connectivity index (χ4v) is 2.62. The summed E-state index contributed by atoms with van der Waals surface area (Å²) in [5, 5.41) is 2.58. The summed E-state index contributed by atoms with van der Waals surface area (Å²) in [5.41, 5.74) is 0. The highest BCUT2D eigenvalue weighted by atomic mass is 32.2. The van der Waals surface area contributed by atoms with Crippen molar-refractivity contribution in [2.24, 2.45) is 0 Å². The standard InChI is InChI=1S/C16H31NO4S/c1-2-3-4-5-6-7-8-9-10-11-13-16(18)17-14-12-15-22(19,20)21/h11,13H,2-10,12,14-15H2,1H3,(H,17,18)(H,19,20,21)/b13-11+. The van der Waals surface area contributed by atoms with Gasteiger partial charge in [-0.25, -0.2) is 0 Å². The van der Waals surface area contributed by atoms with Crippen molar-refractivity contribution >= 4 is 16.0 Å². The summed E-state index contributed by atoms with van der Waals surface area (Å²) in [6.07, 6.45) is 14.6. The molecule has 0 spiro atoms. The molecule has 0 aromatic rings. The minimum Gasteiger partial charge on any atom is -0.353 e. The van der Waals surface area contributed by atoms with E-state index in [0.29, 0.717) is 0 Å². The Kier molecular flexibility index (Phi) is 13.2. The molecule has 0 aliphatic carbocycles. The van der Waals surface area contributed by atoms with E-state index in [1.165, 1.54) is 51.0 Å². The fraction of sp³-hybridized carbons (Fsp3) is 0.812. The van der Waals surface area contributed by atoms with Gasteiger partial charge in [0.15, 0.2) is 0 Å². The van der Waals surface area contributed by atoms with Crippen molar-refractivity contribution in [1.82, 2.24) is 5.32 Å². The summed E-state index contributed by atoms with van der Waals surface area (Å²) in [6, 6.07) is 0. The number of nitrogens with one attached hydrogen (secondary N) is 1. The smallest absolute Gasteiger partial charge is 0.264 e. The van der Waals surface area contributed by atoms with Crippen molar-refractivity contribution in [3.63, 3.8) is 0 Å². The molecule has 1 amide bonds. The van der Waals surface area contributed by atoms with E-state index in [4.69, 9.17) is 4.55 Å². The topological polar surface area (TPSA) is 83.5 Å². The van der Waals surface area contributed by atoms with E-state index in [1.54, 1.807) is 0 Å². The predicted octanol–water partition coefficient (Wildman–Crippen LogP) is 3.47. The molecule has 6 heteroatoms. The van der Waals surface area contributed by atoms with Crippen molar-refractivity contribution in [3.8, 4) is 0 Å². The lowest BCUT2D eigenvalue weighted by Crippen LogP contribution is -2.23. The molecule has 0 radical (unpaired) electrons. The van der Waals surface area contributed by atoms with E-state index in [2.05, 4.69) is 12.2 Å². The number of allylic oxidation sites excluding steroid dienone is 1. The van der Waals surface area contributed by atoms with Crippen LogP contribution in [0.5, 0.6) is 0 Å². The van der Waals surface area contributed by atoms with Gasteiger partial charge in [-0.1, -0.05) is 57.9 Å². The largest absolute Gasteiger partial charge is 0.353 e. The highest BCUT2D eigenvalue weighted by molar-refractivity contribution is 7.85. The predicted molar refractivity (Wildman–Crippen MR) is 90.4 cm³/mol. The maximum Gasteiger partial charge on any atom is 0.264 e. The summed E-state index contributed by atoms with van der Waals surface area (Å²) in [6.45, 7) is 2.47. The maximum atomic E-state index is 11.4. The summed E-state index contributed by atoms with van der Waals surface area (Å²) in [7, 11) is -3.93. The van der Waals surface area contributed by atoms with Gasteiger partial charge in [0.1, 0.15) is 0 Å². The Morgan fingerprint density at radius 2 is 1.59 bits per heavy atom. The van der Waals surface area contributed by atoms with Gasteiger partial charge in [0.25, 0.3) is 10.1 Å². The van der Waals surface area contributed by atoms with E-state index in [1.807, 2.05) is 6.08 Å². The highest BCUT2D eigenvalue weighted by Crippen LogP contribution is 2.09. The number of carbonyl (C=O) groups excluding carboxylic acids is 1. The van der Waals surface area contributed by atoms with Gasteiger partial charge in [-0.2, -0.15) is 8.42 Å². The average molecular weight is 333 g/mol. The average Bonchev–Trinajstić information content (AvgIpc) is 2.44. The molecule has 0 saturated heterocycles. The Morgan fingerprint density at radius 3 is 2.18 bits per heavy atom. The molecule has 2 N–H and O–H groups in total. The lowest BCUT2D eigenvalue weighted by molar-refractivity contribution is -0.116. The van der Waals surface area contributed by atoms with E-state index in [-0.39, 0.29) is 24.6 Å². The molecule has 0 heterocycles. The molecule has 0 rings (SSSR count). The first kappa shape index (κ1) is 21.1. The first-order valence-corrected chi connectivity index (χ1v) is 9.96. The van der Waals surface area contributed by atoms with Crippen LogP contribution in [0.2, 0.25) is 0 Å². The van der Waals surface area contributed by atoms with Crippen LogP contribution in [-0.4, -0.2) is 31.2 Å². The molecule has 0 aromatic carbocycles. The number of carbonyl (C=O) groups is 1. The summed E-state index contributed by atoms with van der Waals surface area (Å²) in [4.78, 5) is 11.4. The molecular weight excluding hydrogens is 302 g/mol. The van der Waals surface area contributed by atoms with Gasteiger partial charge < -0.3 is 5.32 Å². The summed E-state index contributed by atoms with van der Waals surface area (Å²) < 4.78 is 29.5. The summed E-state index contributed by atoms with van der Waals surface area (Å²) >= 11 is 0. The van der Waals surface area contributed by atoms with Gasteiger partial charge in [-0.05, 0) is 25.3 Å². The third-order valence-corrected chi connectivity index (χ3v) is 4.18. The number of amides is 1. The second-order valence-corrected chi connectivity index (χ2v) is 7.17. The van der Waals surface area contributed by atoms with Gasteiger partial charge in [-0.15, -0.1) is 0 Å². The molecule has 22 heavy (non-hydrogen) atoms. The number of unbranched alkanes of at least 4 members (excludes halogenated alkanes) is 8. The SMILES string of the molecule is CCCCCCCCCC/C=C/C(=O)NCCCS(=O)(=O)O. The molecule has 0 bridgehead atoms. The van der Waals surface area contributed by atoms with Crippen molar-refractivity contribution in [2.45, 2.75) is 71.1 Å². The Balaban J connectivity index is 3.39. The maximum absolute atomic E-state index is 11.4. The molecule has 0 atom stereocenters. The van der Waals surface area contributed by atoms with Gasteiger partial charge in [0, 0.05) is 6.54 Å². The normalized spacial score (nSPS) is 11.9. The highest BCUT2D eigenvalue weighted by Gasteiger charge is 2.03. The second-order valence-electron chi connectivity index (χ2n) is 5.60. The Morgan fingerprint density at radius 1 is 1.00 bits per heavy atom. The van der Waals surface area contributed by atoms with E-state index < -0.39 is 10.1 Å². The molecule has 0 aliphatic rings. The number of hydrogen-bond acceptors (Lipinski definition) is 3. The number of rotatable bonds is 14. The van der Waals surface area contributed by atoms with Gasteiger partial charge in [0.2, 0.25) is 5.91 Å². The van der Waals surface area contributed by atoms with Crippen LogP contribution in [0.4, 0.5) is 0 Å². The van der Waals surface area contributed by atoms with Crippen LogP contribution < -0.4 is 5.32 Å². The minimum atomic E-state index is -3.93. The van der Waals surface area contributed by atoms with Crippen LogP contribution in [0.1, 0.15) is 71.1 Å². The van der Waals surface area contributed by atoms with Gasteiger partial charge in [-0.3, -0.25) is 9.35 Å². The first-order chi connectivity index (χ1) is 10.5. The van der Waals surface area contributed by atoms with E-state index in [9.17, 15) is 13.2 Å². The van der Waals surface area contributed by atoms with Crippen LogP contribution in [0, 0.1) is 0 Å². The lowest BCUT2D eigenvalue weighted by atomic mass is 10.1. The van der Waals surface area contributed by atoms with E-state index >= 15 is 0 Å². The van der Waals surface area contributed by atoms with E-state index in [0.717, 1.165) is 12.8 Å². The molecule has 0 unspecified atom stereocenters. The molecule has 130 valence electrons. The zero-order valence-electron chi connectivity index (χ0n) is 13.7. The van der Waals surface area contributed by atoms with Crippen molar-refractivity contribution < 1.29 is 17.8 Å². The monoisotopic (exact) mass is 333 g/mol. The third kappa shape index (κ3) is 17.2. The van der Waals surface area contributed by atoms with Crippen LogP contribution >= 0.6 is 0 Å². The van der Waals surface area contributed by atoms with Crippen molar-refractivity contribution in [1.29, 1.82) is 0 Å². The Hall–Kier alpha value is -0.880. The zero-order valence-corrected chi connectivity index (χ0v) is 14.5. The van der Waals surface area contributed by atoms with Crippen molar-refractivity contribution in [2.75, 3.05) is 12.3 Å². The number of hydrogen-bond donors (Lipinski definition) is 2. The summed E-state index contributed by atoms with van der Waals surface area (Å²) in [5.74, 6) is -0.537. The molecular formula is C16H31NO4S. The Labute approximate surface area is 135 Å². The minimum absolute atomic E-state index is 0.213. The molecule has 0 fully saturated rings. The first-order valence-electron chi connectivity index (χ1n) is 8.35. The van der Waals surface area contributed by atoms with Crippen LogP contribution in [0.25, 0.3) is 0 Å². The van der Waals surface area contributed by atoms with Crippen LogP contribution in [0.3, 0.4) is 0 Å². The second kappa shape index (κ2) is 13.8. The quantitative estimate of drug-likeness (QED) is 0.290. The van der Waals surface area contributed by atoms with Gasteiger partial charge >= 0.3 is 0 Å². The lowest BCUT2D eigenvalue weighted by Gasteiger charge is -2.01. The van der Waals surface area contributed by atoms with Crippen molar-refractivity contribution in [3.05, 3.63) is 12.2 Å². The zero-order chi connectivity index (χ0) is 16.7.